The lowest BCUT2D eigenvalue weighted by Gasteiger charge is -2.19. The highest BCUT2D eigenvalue weighted by Crippen LogP contribution is 2.48. The Hall–Kier alpha value is -1.95. The van der Waals surface area contributed by atoms with E-state index < -0.39 is 0 Å². The van der Waals surface area contributed by atoms with Crippen LogP contribution in [0.25, 0.3) is 0 Å². The Morgan fingerprint density at radius 1 is 1.27 bits per heavy atom. The number of halogens is 1. The zero-order chi connectivity index (χ0) is 18.4. The molecule has 6 heteroatoms. The van der Waals surface area contributed by atoms with Crippen LogP contribution < -0.4 is 10.6 Å². The third-order valence-corrected chi connectivity index (χ3v) is 5.92. The predicted molar refractivity (Wildman–Crippen MR) is 106 cm³/mol. The van der Waals surface area contributed by atoms with Crippen molar-refractivity contribution in [2.24, 2.45) is 4.99 Å². The number of hydrogen-bond donors (Lipinski definition) is 2. The molecule has 26 heavy (non-hydrogen) atoms. The van der Waals surface area contributed by atoms with Crippen molar-refractivity contribution in [3.05, 3.63) is 51.7 Å². The number of thiazole rings is 1. The second-order valence-corrected chi connectivity index (χ2v) is 7.90. The van der Waals surface area contributed by atoms with Gasteiger partial charge in [-0.05, 0) is 50.7 Å². The van der Waals surface area contributed by atoms with Gasteiger partial charge >= 0.3 is 0 Å². The molecule has 3 rings (SSSR count). The van der Waals surface area contributed by atoms with Crippen LogP contribution in [0, 0.1) is 12.7 Å². The number of nitrogens with zero attached hydrogens (tertiary/aromatic N) is 2. The summed E-state index contributed by atoms with van der Waals surface area (Å²) < 4.78 is 14.1. The molecule has 2 aromatic rings. The van der Waals surface area contributed by atoms with Gasteiger partial charge in [-0.3, -0.25) is 4.99 Å². The normalized spacial score (nSPS) is 15.7. The van der Waals surface area contributed by atoms with Gasteiger partial charge in [0.05, 0.1) is 5.01 Å². The van der Waals surface area contributed by atoms with Gasteiger partial charge in [0.25, 0.3) is 0 Å². The molecule has 0 spiro atoms. The fraction of sp³-hybridized carbons (Fsp3) is 0.500. The highest BCUT2D eigenvalue weighted by molar-refractivity contribution is 7.09. The fourth-order valence-corrected chi connectivity index (χ4v) is 4.00. The Morgan fingerprint density at radius 3 is 2.73 bits per heavy atom. The molecule has 0 unspecified atom stereocenters. The summed E-state index contributed by atoms with van der Waals surface area (Å²) in [6, 6.07) is 7.11. The largest absolute Gasteiger partial charge is 0.356 e. The van der Waals surface area contributed by atoms with Crippen molar-refractivity contribution in [3.8, 4) is 0 Å². The summed E-state index contributed by atoms with van der Waals surface area (Å²) in [5, 5.41) is 10.0. The van der Waals surface area contributed by atoms with E-state index in [2.05, 4.69) is 26.0 Å². The molecular weight excluding hydrogens is 347 g/mol. The van der Waals surface area contributed by atoms with Gasteiger partial charge in [0.1, 0.15) is 5.82 Å². The minimum absolute atomic E-state index is 0.0777. The van der Waals surface area contributed by atoms with Gasteiger partial charge in [-0.1, -0.05) is 18.2 Å². The topological polar surface area (TPSA) is 49.3 Å². The van der Waals surface area contributed by atoms with Crippen molar-refractivity contribution in [1.82, 2.24) is 15.6 Å². The number of hydrogen-bond acceptors (Lipinski definition) is 3. The van der Waals surface area contributed by atoms with Crippen LogP contribution in [0.3, 0.4) is 0 Å². The molecule has 1 heterocycles. The van der Waals surface area contributed by atoms with Crippen molar-refractivity contribution in [2.75, 3.05) is 20.1 Å². The first-order valence-corrected chi connectivity index (χ1v) is 10.1. The number of guanidine groups is 1. The van der Waals surface area contributed by atoms with Crippen molar-refractivity contribution in [3.63, 3.8) is 0 Å². The number of rotatable bonds is 8. The van der Waals surface area contributed by atoms with E-state index in [0.29, 0.717) is 6.54 Å². The first-order valence-electron chi connectivity index (χ1n) is 9.23. The maximum atomic E-state index is 14.1. The molecule has 1 aliphatic carbocycles. The molecule has 0 amide bonds. The molecule has 0 saturated heterocycles. The number of unbranched alkanes of at least 4 members (excludes halogenated alkanes) is 1. The van der Waals surface area contributed by atoms with Gasteiger partial charge in [-0.15, -0.1) is 11.3 Å². The van der Waals surface area contributed by atoms with Crippen LogP contribution in [0.15, 0.2) is 34.6 Å². The van der Waals surface area contributed by atoms with Gasteiger partial charge in [0, 0.05) is 36.6 Å². The molecule has 0 bridgehead atoms. The van der Waals surface area contributed by atoms with Crippen LogP contribution in [0.2, 0.25) is 0 Å². The summed E-state index contributed by atoms with van der Waals surface area (Å²) in [5.41, 5.74) is 1.85. The first-order chi connectivity index (χ1) is 12.6. The van der Waals surface area contributed by atoms with E-state index in [1.165, 1.54) is 5.01 Å². The summed E-state index contributed by atoms with van der Waals surface area (Å²) in [6.07, 6.45) is 5.24. The maximum absolute atomic E-state index is 14.1. The smallest absolute Gasteiger partial charge is 0.191 e. The molecule has 1 aromatic heterocycles. The Morgan fingerprint density at radius 2 is 2.08 bits per heavy atom. The van der Waals surface area contributed by atoms with Gasteiger partial charge in [-0.2, -0.15) is 0 Å². The van der Waals surface area contributed by atoms with Crippen molar-refractivity contribution >= 4 is 17.3 Å². The van der Waals surface area contributed by atoms with E-state index in [-0.39, 0.29) is 11.2 Å². The summed E-state index contributed by atoms with van der Waals surface area (Å²) in [4.78, 5) is 8.77. The van der Waals surface area contributed by atoms with Gasteiger partial charge in [0.15, 0.2) is 5.96 Å². The zero-order valence-corrected chi connectivity index (χ0v) is 16.3. The Bertz CT molecular complexity index is 752. The molecule has 0 aliphatic heterocycles. The molecular formula is C20H27FN4S. The lowest BCUT2D eigenvalue weighted by Crippen LogP contribution is -2.41. The Kier molecular flexibility index (Phi) is 6.25. The van der Waals surface area contributed by atoms with Crippen LogP contribution in [0.1, 0.15) is 41.9 Å². The highest BCUT2D eigenvalue weighted by Gasteiger charge is 2.45. The Balaban J connectivity index is 1.39. The summed E-state index contributed by atoms with van der Waals surface area (Å²) in [5.74, 6) is 0.685. The van der Waals surface area contributed by atoms with Crippen LogP contribution in [0.4, 0.5) is 4.39 Å². The molecule has 1 aromatic carbocycles. The van der Waals surface area contributed by atoms with E-state index >= 15 is 0 Å². The number of aromatic nitrogens is 1. The minimum Gasteiger partial charge on any atom is -0.356 e. The van der Waals surface area contributed by atoms with Crippen molar-refractivity contribution in [1.29, 1.82) is 0 Å². The SMILES string of the molecule is CN=C(NCCCCc1nc(C)cs1)NCC1(c2ccccc2F)CC1. The second-order valence-electron chi connectivity index (χ2n) is 6.95. The van der Waals surface area contributed by atoms with Crippen LogP contribution in [-0.2, 0) is 11.8 Å². The van der Waals surface area contributed by atoms with E-state index in [4.69, 9.17) is 0 Å². The van der Waals surface area contributed by atoms with Gasteiger partial charge in [0.2, 0.25) is 0 Å². The van der Waals surface area contributed by atoms with Crippen molar-refractivity contribution < 1.29 is 4.39 Å². The second kappa shape index (κ2) is 8.62. The van der Waals surface area contributed by atoms with E-state index in [1.54, 1.807) is 30.5 Å². The fourth-order valence-electron chi connectivity index (χ4n) is 3.18. The number of benzene rings is 1. The molecule has 2 N–H and O–H groups in total. The lowest BCUT2D eigenvalue weighted by molar-refractivity contribution is 0.559. The molecule has 1 aliphatic rings. The summed E-state index contributed by atoms with van der Waals surface area (Å²) in [6.45, 7) is 3.62. The van der Waals surface area contributed by atoms with E-state index in [9.17, 15) is 4.39 Å². The standard InChI is InChI=1S/C20H27FN4S/c1-15-13-26-18(25-15)9-5-6-12-23-19(22-2)24-14-20(10-11-20)16-7-3-4-8-17(16)21/h3-4,7-8,13H,5-6,9-12,14H2,1-2H3,(H2,22,23,24). The summed E-state index contributed by atoms with van der Waals surface area (Å²) in [7, 11) is 1.77. The maximum Gasteiger partial charge on any atom is 0.191 e. The molecule has 140 valence electrons. The molecule has 0 atom stereocenters. The molecule has 0 radical (unpaired) electrons. The summed E-state index contributed by atoms with van der Waals surface area (Å²) >= 11 is 1.74. The molecule has 1 saturated carbocycles. The number of aryl methyl sites for hydroxylation is 2. The quantitative estimate of drug-likeness (QED) is 0.420. The highest BCUT2D eigenvalue weighted by atomic mass is 32.1. The molecule has 4 nitrogen and oxygen atoms in total. The molecule has 1 fully saturated rings. The van der Waals surface area contributed by atoms with Gasteiger partial charge < -0.3 is 10.6 Å². The third kappa shape index (κ3) is 4.81. The number of nitrogens with one attached hydrogen (secondary N) is 2. The first kappa shape index (κ1) is 18.8. The van der Waals surface area contributed by atoms with Crippen molar-refractivity contribution in [2.45, 2.75) is 44.4 Å². The van der Waals surface area contributed by atoms with E-state index in [1.807, 2.05) is 19.1 Å². The third-order valence-electron chi connectivity index (χ3n) is 4.89. The van der Waals surface area contributed by atoms with Crippen LogP contribution >= 0.6 is 11.3 Å². The lowest BCUT2D eigenvalue weighted by atomic mass is 9.95. The average molecular weight is 375 g/mol. The Labute approximate surface area is 159 Å². The average Bonchev–Trinajstić information content (AvgIpc) is 3.32. The monoisotopic (exact) mass is 374 g/mol. The number of aliphatic imine (C=N–C) groups is 1. The van der Waals surface area contributed by atoms with Gasteiger partial charge in [-0.25, -0.2) is 9.37 Å². The van der Waals surface area contributed by atoms with E-state index in [0.717, 1.165) is 55.9 Å². The van der Waals surface area contributed by atoms with Crippen LogP contribution in [0.5, 0.6) is 0 Å². The van der Waals surface area contributed by atoms with Crippen LogP contribution in [-0.4, -0.2) is 31.1 Å². The minimum atomic E-state index is -0.104. The zero-order valence-electron chi connectivity index (χ0n) is 15.5. The predicted octanol–water partition coefficient (Wildman–Crippen LogP) is 3.81.